The third-order valence-electron chi connectivity index (χ3n) is 3.39. The molecule has 1 aromatic heterocycles. The predicted octanol–water partition coefficient (Wildman–Crippen LogP) is 1.44. The minimum atomic E-state index is -0.0888. The number of rotatable bonds is 7. The Morgan fingerprint density at radius 3 is 2.50 bits per heavy atom. The van der Waals surface area contributed by atoms with E-state index in [9.17, 15) is 9.90 Å². The fraction of sp³-hybridized carbons (Fsp3) is 0.294. The van der Waals surface area contributed by atoms with Crippen LogP contribution in [0.25, 0.3) is 0 Å². The molecule has 116 valence electrons. The van der Waals surface area contributed by atoms with Gasteiger partial charge in [-0.3, -0.25) is 14.7 Å². The van der Waals surface area contributed by atoms with Crippen molar-refractivity contribution >= 4 is 5.91 Å². The highest BCUT2D eigenvalue weighted by atomic mass is 16.3. The number of nitrogens with one attached hydrogen (secondary N) is 1. The van der Waals surface area contributed by atoms with Gasteiger partial charge in [-0.15, -0.1) is 0 Å². The molecule has 0 saturated carbocycles. The summed E-state index contributed by atoms with van der Waals surface area (Å²) in [7, 11) is 1.62. The van der Waals surface area contributed by atoms with Gasteiger partial charge < -0.3 is 10.4 Å². The van der Waals surface area contributed by atoms with E-state index >= 15 is 0 Å². The third kappa shape index (κ3) is 4.65. The second kappa shape index (κ2) is 8.26. The fourth-order valence-corrected chi connectivity index (χ4v) is 2.27. The van der Waals surface area contributed by atoms with Crippen LogP contribution in [0.5, 0.6) is 0 Å². The fourth-order valence-electron chi connectivity index (χ4n) is 2.27. The van der Waals surface area contributed by atoms with Gasteiger partial charge in [-0.25, -0.2) is 0 Å². The Hall–Kier alpha value is -2.24. The minimum Gasteiger partial charge on any atom is -0.395 e. The predicted molar refractivity (Wildman–Crippen MR) is 85.3 cm³/mol. The second-order valence-corrected chi connectivity index (χ2v) is 5.07. The van der Waals surface area contributed by atoms with E-state index in [0.717, 1.165) is 17.7 Å². The topological polar surface area (TPSA) is 65.5 Å². The van der Waals surface area contributed by atoms with E-state index in [1.807, 2.05) is 42.6 Å². The number of aromatic nitrogens is 1. The van der Waals surface area contributed by atoms with Gasteiger partial charge in [0.15, 0.2) is 0 Å². The summed E-state index contributed by atoms with van der Waals surface area (Å²) in [6.07, 6.45) is 3.58. The zero-order chi connectivity index (χ0) is 15.8. The molecule has 2 N–H and O–H groups in total. The summed E-state index contributed by atoms with van der Waals surface area (Å²) in [5, 5.41) is 11.8. The molecule has 1 heterocycles. The van der Waals surface area contributed by atoms with Crippen LogP contribution in [-0.4, -0.2) is 41.1 Å². The van der Waals surface area contributed by atoms with Crippen molar-refractivity contribution in [2.75, 3.05) is 20.2 Å². The smallest absolute Gasteiger partial charge is 0.251 e. The Balaban J connectivity index is 2.02. The summed E-state index contributed by atoms with van der Waals surface area (Å²) in [5.41, 5.74) is 2.86. The quantitative estimate of drug-likeness (QED) is 0.812. The van der Waals surface area contributed by atoms with Crippen LogP contribution >= 0.6 is 0 Å². The number of carbonyl (C=O) groups excluding carboxylic acids is 1. The summed E-state index contributed by atoms with van der Waals surface area (Å²) < 4.78 is 0. The number of amides is 1. The molecule has 0 saturated heterocycles. The van der Waals surface area contributed by atoms with Crippen molar-refractivity contribution in [3.8, 4) is 0 Å². The number of aliphatic hydroxyl groups is 1. The molecule has 0 fully saturated rings. The number of hydrogen-bond donors (Lipinski definition) is 2. The van der Waals surface area contributed by atoms with E-state index in [-0.39, 0.29) is 12.5 Å². The van der Waals surface area contributed by atoms with Gasteiger partial charge in [0.2, 0.25) is 0 Å². The molecular formula is C17H21N3O2. The maximum atomic E-state index is 11.5. The molecule has 0 unspecified atom stereocenters. The van der Waals surface area contributed by atoms with Gasteiger partial charge >= 0.3 is 0 Å². The Kier molecular flexibility index (Phi) is 6.06. The van der Waals surface area contributed by atoms with Gasteiger partial charge in [0, 0.05) is 44.6 Å². The van der Waals surface area contributed by atoms with Crippen LogP contribution in [-0.2, 0) is 13.1 Å². The molecule has 2 rings (SSSR count). The molecule has 5 nitrogen and oxygen atoms in total. The van der Waals surface area contributed by atoms with Crippen LogP contribution in [0.2, 0.25) is 0 Å². The molecule has 0 aliphatic rings. The number of carbonyl (C=O) groups is 1. The van der Waals surface area contributed by atoms with Crippen LogP contribution in [0.3, 0.4) is 0 Å². The van der Waals surface area contributed by atoms with E-state index in [2.05, 4.69) is 15.2 Å². The van der Waals surface area contributed by atoms with Crippen molar-refractivity contribution in [2.45, 2.75) is 13.1 Å². The molecule has 0 bridgehead atoms. The summed E-state index contributed by atoms with van der Waals surface area (Å²) in [6, 6.07) is 11.4. The van der Waals surface area contributed by atoms with Crippen molar-refractivity contribution in [1.82, 2.24) is 15.2 Å². The number of pyridine rings is 1. The molecule has 2 aromatic rings. The lowest BCUT2D eigenvalue weighted by molar-refractivity contribution is 0.0963. The average Bonchev–Trinajstić information content (AvgIpc) is 2.56. The molecule has 1 aromatic carbocycles. The zero-order valence-corrected chi connectivity index (χ0v) is 12.7. The molecule has 0 aliphatic carbocycles. The van der Waals surface area contributed by atoms with Gasteiger partial charge in [-0.2, -0.15) is 0 Å². The largest absolute Gasteiger partial charge is 0.395 e. The van der Waals surface area contributed by atoms with E-state index in [1.165, 1.54) is 0 Å². The molecule has 0 atom stereocenters. The molecule has 1 amide bonds. The maximum Gasteiger partial charge on any atom is 0.251 e. The zero-order valence-electron chi connectivity index (χ0n) is 12.7. The van der Waals surface area contributed by atoms with E-state index in [1.54, 1.807) is 13.2 Å². The minimum absolute atomic E-state index is 0.0888. The Bertz CT molecular complexity index is 585. The highest BCUT2D eigenvalue weighted by Crippen LogP contribution is 2.10. The molecule has 22 heavy (non-hydrogen) atoms. The highest BCUT2D eigenvalue weighted by Gasteiger charge is 2.08. The Morgan fingerprint density at radius 2 is 1.91 bits per heavy atom. The van der Waals surface area contributed by atoms with Crippen molar-refractivity contribution < 1.29 is 9.90 Å². The average molecular weight is 299 g/mol. The second-order valence-electron chi connectivity index (χ2n) is 5.07. The lowest BCUT2D eigenvalue weighted by Crippen LogP contribution is -2.26. The monoisotopic (exact) mass is 299 g/mol. The van der Waals surface area contributed by atoms with Crippen LogP contribution in [0, 0.1) is 0 Å². The number of hydrogen-bond acceptors (Lipinski definition) is 4. The SMILES string of the molecule is CNC(=O)c1ccc(CN(CCO)Cc2cccnc2)cc1. The van der Waals surface area contributed by atoms with Crippen molar-refractivity contribution in [3.05, 3.63) is 65.5 Å². The summed E-state index contributed by atoms with van der Waals surface area (Å²) in [4.78, 5) is 17.8. The number of benzene rings is 1. The highest BCUT2D eigenvalue weighted by molar-refractivity contribution is 5.93. The molecule has 0 spiro atoms. The summed E-state index contributed by atoms with van der Waals surface area (Å²) in [5.74, 6) is -0.0888. The van der Waals surface area contributed by atoms with Crippen molar-refractivity contribution in [3.63, 3.8) is 0 Å². The first-order chi connectivity index (χ1) is 10.7. The Morgan fingerprint density at radius 1 is 1.18 bits per heavy atom. The van der Waals surface area contributed by atoms with Crippen LogP contribution in [0.4, 0.5) is 0 Å². The van der Waals surface area contributed by atoms with Crippen molar-refractivity contribution in [2.24, 2.45) is 0 Å². The van der Waals surface area contributed by atoms with E-state index in [0.29, 0.717) is 18.7 Å². The number of aliphatic hydroxyl groups excluding tert-OH is 1. The molecule has 5 heteroatoms. The standard InChI is InChI=1S/C17H21N3O2/c1-18-17(22)16-6-4-14(5-7-16)12-20(9-10-21)13-15-3-2-8-19-11-15/h2-8,11,21H,9-10,12-13H2,1H3,(H,18,22). The normalized spacial score (nSPS) is 10.7. The lowest BCUT2D eigenvalue weighted by Gasteiger charge is -2.21. The lowest BCUT2D eigenvalue weighted by atomic mass is 10.1. The molecular weight excluding hydrogens is 278 g/mol. The molecule has 0 aliphatic heterocycles. The van der Waals surface area contributed by atoms with Crippen LogP contribution < -0.4 is 5.32 Å². The van der Waals surface area contributed by atoms with Gasteiger partial charge in [0.25, 0.3) is 5.91 Å². The summed E-state index contributed by atoms with van der Waals surface area (Å²) >= 11 is 0. The first kappa shape index (κ1) is 16.1. The third-order valence-corrected chi connectivity index (χ3v) is 3.39. The number of nitrogens with zero attached hydrogens (tertiary/aromatic N) is 2. The van der Waals surface area contributed by atoms with Crippen LogP contribution in [0.15, 0.2) is 48.8 Å². The van der Waals surface area contributed by atoms with Gasteiger partial charge in [-0.05, 0) is 29.3 Å². The summed E-state index contributed by atoms with van der Waals surface area (Å²) in [6.45, 7) is 2.14. The maximum absolute atomic E-state index is 11.5. The van der Waals surface area contributed by atoms with Crippen LogP contribution in [0.1, 0.15) is 21.5 Å². The first-order valence-electron chi connectivity index (χ1n) is 7.26. The van der Waals surface area contributed by atoms with Gasteiger partial charge in [0.1, 0.15) is 0 Å². The van der Waals surface area contributed by atoms with E-state index < -0.39 is 0 Å². The van der Waals surface area contributed by atoms with Gasteiger partial charge in [-0.1, -0.05) is 18.2 Å². The Labute approximate surface area is 130 Å². The van der Waals surface area contributed by atoms with Gasteiger partial charge in [0.05, 0.1) is 6.61 Å². The molecule has 0 radical (unpaired) electrons. The van der Waals surface area contributed by atoms with Crippen molar-refractivity contribution in [1.29, 1.82) is 0 Å². The first-order valence-corrected chi connectivity index (χ1v) is 7.26. The van der Waals surface area contributed by atoms with E-state index in [4.69, 9.17) is 0 Å².